The van der Waals surface area contributed by atoms with Gasteiger partial charge in [-0.3, -0.25) is 0 Å². The molecule has 0 bridgehead atoms. The Balaban J connectivity index is 2.36. The van der Waals surface area contributed by atoms with Gasteiger partial charge in [0.1, 0.15) is 5.82 Å². The van der Waals surface area contributed by atoms with Crippen molar-refractivity contribution in [3.8, 4) is 0 Å². The minimum Gasteiger partial charge on any atom is -0.360 e. The molecule has 0 saturated heterocycles. The van der Waals surface area contributed by atoms with Gasteiger partial charge in [0.2, 0.25) is 5.13 Å². The smallest absolute Gasteiger partial charge is 0.202 e. The van der Waals surface area contributed by atoms with Gasteiger partial charge in [-0.15, -0.1) is 11.6 Å². The zero-order valence-corrected chi connectivity index (χ0v) is 9.45. The second kappa shape index (κ2) is 5.40. The molecule has 0 spiro atoms. The molecule has 1 rings (SSSR count). The zero-order valence-electron chi connectivity index (χ0n) is 7.88. The van der Waals surface area contributed by atoms with Crippen molar-refractivity contribution in [3.63, 3.8) is 0 Å². The van der Waals surface area contributed by atoms with Crippen molar-refractivity contribution in [3.05, 3.63) is 5.82 Å². The van der Waals surface area contributed by atoms with Crippen LogP contribution in [0.15, 0.2) is 0 Å². The Hall–Kier alpha value is -0.350. The third kappa shape index (κ3) is 3.48. The van der Waals surface area contributed by atoms with Crippen LogP contribution in [0.25, 0.3) is 0 Å². The molecular formula is C8H14ClN3S. The monoisotopic (exact) mass is 219 g/mol. The van der Waals surface area contributed by atoms with Gasteiger partial charge >= 0.3 is 0 Å². The first kappa shape index (κ1) is 10.7. The van der Waals surface area contributed by atoms with E-state index in [1.165, 1.54) is 11.5 Å². The third-order valence-electron chi connectivity index (χ3n) is 1.65. The first-order chi connectivity index (χ1) is 6.26. The lowest BCUT2D eigenvalue weighted by Gasteiger charge is -2.06. The molecule has 0 saturated carbocycles. The molecule has 0 fully saturated rings. The van der Waals surface area contributed by atoms with E-state index in [0.29, 0.717) is 11.8 Å². The van der Waals surface area contributed by atoms with Gasteiger partial charge in [-0.2, -0.15) is 4.37 Å². The molecule has 1 aromatic heterocycles. The maximum atomic E-state index is 5.68. The molecule has 1 N–H and O–H groups in total. The summed E-state index contributed by atoms with van der Waals surface area (Å²) in [4.78, 5) is 4.29. The summed E-state index contributed by atoms with van der Waals surface area (Å²) in [5.41, 5.74) is 0. The van der Waals surface area contributed by atoms with Crippen molar-refractivity contribution in [1.82, 2.24) is 9.36 Å². The van der Waals surface area contributed by atoms with Gasteiger partial charge in [-0.1, -0.05) is 13.8 Å². The minimum absolute atomic E-state index is 0.468. The van der Waals surface area contributed by atoms with Gasteiger partial charge in [0.05, 0.1) is 0 Å². The Bertz CT molecular complexity index is 251. The fraction of sp³-hybridized carbons (Fsp3) is 0.750. The SMILES string of the molecule is CCc1nsc(NCC(C)CCl)n1. The normalized spacial score (nSPS) is 12.8. The Morgan fingerprint density at radius 3 is 2.92 bits per heavy atom. The second-order valence-corrected chi connectivity index (χ2v) is 4.07. The summed E-state index contributed by atoms with van der Waals surface area (Å²) in [7, 11) is 0. The van der Waals surface area contributed by atoms with Crippen molar-refractivity contribution in [2.75, 3.05) is 17.7 Å². The molecule has 1 atom stereocenters. The van der Waals surface area contributed by atoms with Gasteiger partial charge in [0, 0.05) is 30.4 Å². The molecule has 1 heterocycles. The molecule has 0 aliphatic heterocycles. The van der Waals surface area contributed by atoms with E-state index in [1.54, 1.807) is 0 Å². The molecular weight excluding hydrogens is 206 g/mol. The Kier molecular flexibility index (Phi) is 4.45. The summed E-state index contributed by atoms with van der Waals surface area (Å²) in [5, 5.41) is 4.11. The van der Waals surface area contributed by atoms with E-state index >= 15 is 0 Å². The molecule has 13 heavy (non-hydrogen) atoms. The highest BCUT2D eigenvalue weighted by molar-refractivity contribution is 7.09. The van der Waals surface area contributed by atoms with E-state index in [2.05, 4.69) is 21.6 Å². The summed E-state index contributed by atoms with van der Waals surface area (Å²) in [5.74, 6) is 2.05. The predicted octanol–water partition coefficient (Wildman–Crippen LogP) is 2.39. The molecule has 1 aromatic rings. The summed E-state index contributed by atoms with van der Waals surface area (Å²) in [6.45, 7) is 5.01. The molecule has 0 aromatic carbocycles. The van der Waals surface area contributed by atoms with Crippen LogP contribution in [-0.4, -0.2) is 21.8 Å². The number of hydrogen-bond donors (Lipinski definition) is 1. The van der Waals surface area contributed by atoms with Gasteiger partial charge in [0.25, 0.3) is 0 Å². The second-order valence-electron chi connectivity index (χ2n) is 3.01. The highest BCUT2D eigenvalue weighted by atomic mass is 35.5. The van der Waals surface area contributed by atoms with E-state index in [0.717, 1.165) is 23.9 Å². The first-order valence-corrected chi connectivity index (χ1v) is 5.69. The van der Waals surface area contributed by atoms with E-state index in [9.17, 15) is 0 Å². The number of nitrogens with one attached hydrogen (secondary N) is 1. The number of anilines is 1. The van der Waals surface area contributed by atoms with Crippen LogP contribution in [0.1, 0.15) is 19.7 Å². The van der Waals surface area contributed by atoms with Crippen LogP contribution in [-0.2, 0) is 6.42 Å². The number of aromatic nitrogens is 2. The lowest BCUT2D eigenvalue weighted by atomic mass is 10.2. The Morgan fingerprint density at radius 2 is 2.38 bits per heavy atom. The maximum absolute atomic E-state index is 5.68. The van der Waals surface area contributed by atoms with Crippen LogP contribution >= 0.6 is 23.1 Å². The quantitative estimate of drug-likeness (QED) is 0.773. The third-order valence-corrected chi connectivity index (χ3v) is 2.89. The molecule has 0 radical (unpaired) electrons. The molecule has 5 heteroatoms. The number of nitrogens with zero attached hydrogens (tertiary/aromatic N) is 2. The molecule has 1 unspecified atom stereocenters. The topological polar surface area (TPSA) is 37.8 Å². The standard InChI is InChI=1S/C8H14ClN3S/c1-3-7-11-8(13-12-7)10-5-6(2)4-9/h6H,3-5H2,1-2H3,(H,10,11,12). The predicted molar refractivity (Wildman–Crippen MR) is 57.7 cm³/mol. The Morgan fingerprint density at radius 1 is 1.62 bits per heavy atom. The van der Waals surface area contributed by atoms with Gasteiger partial charge in [-0.25, -0.2) is 4.98 Å². The van der Waals surface area contributed by atoms with Crippen LogP contribution in [0.4, 0.5) is 5.13 Å². The minimum atomic E-state index is 0.468. The van der Waals surface area contributed by atoms with Crippen molar-refractivity contribution in [2.24, 2.45) is 5.92 Å². The number of aryl methyl sites for hydroxylation is 1. The first-order valence-electron chi connectivity index (χ1n) is 4.38. The van der Waals surface area contributed by atoms with Crippen molar-refractivity contribution in [1.29, 1.82) is 0 Å². The average molecular weight is 220 g/mol. The molecule has 0 amide bonds. The van der Waals surface area contributed by atoms with Crippen LogP contribution in [0, 0.1) is 5.92 Å². The van der Waals surface area contributed by atoms with E-state index in [1.807, 2.05) is 6.92 Å². The van der Waals surface area contributed by atoms with E-state index < -0.39 is 0 Å². The summed E-state index contributed by atoms with van der Waals surface area (Å²) in [6, 6.07) is 0. The van der Waals surface area contributed by atoms with Gasteiger partial charge in [-0.05, 0) is 5.92 Å². The lowest BCUT2D eigenvalue weighted by molar-refractivity contribution is 0.696. The fourth-order valence-electron chi connectivity index (χ4n) is 0.785. The van der Waals surface area contributed by atoms with Crippen LogP contribution in [0.3, 0.4) is 0 Å². The van der Waals surface area contributed by atoms with Crippen LogP contribution < -0.4 is 5.32 Å². The number of halogens is 1. The largest absolute Gasteiger partial charge is 0.360 e. The van der Waals surface area contributed by atoms with Crippen molar-refractivity contribution in [2.45, 2.75) is 20.3 Å². The highest BCUT2D eigenvalue weighted by Crippen LogP contribution is 2.11. The maximum Gasteiger partial charge on any atom is 0.202 e. The van der Waals surface area contributed by atoms with Crippen molar-refractivity contribution >= 4 is 28.3 Å². The van der Waals surface area contributed by atoms with Crippen LogP contribution in [0.5, 0.6) is 0 Å². The lowest BCUT2D eigenvalue weighted by Crippen LogP contribution is -2.12. The summed E-state index contributed by atoms with van der Waals surface area (Å²) < 4.78 is 4.17. The number of rotatable bonds is 5. The molecule has 0 aliphatic rings. The summed E-state index contributed by atoms with van der Waals surface area (Å²) >= 11 is 7.09. The van der Waals surface area contributed by atoms with E-state index in [4.69, 9.17) is 11.6 Å². The summed E-state index contributed by atoms with van der Waals surface area (Å²) in [6.07, 6.45) is 0.892. The van der Waals surface area contributed by atoms with Gasteiger partial charge in [0.15, 0.2) is 0 Å². The van der Waals surface area contributed by atoms with Gasteiger partial charge < -0.3 is 5.32 Å². The average Bonchev–Trinajstić information content (AvgIpc) is 2.61. The highest BCUT2D eigenvalue weighted by Gasteiger charge is 2.03. The van der Waals surface area contributed by atoms with E-state index in [-0.39, 0.29) is 0 Å². The molecule has 74 valence electrons. The molecule has 0 aliphatic carbocycles. The Labute approximate surface area is 87.7 Å². The number of alkyl halides is 1. The fourth-order valence-corrected chi connectivity index (χ4v) is 1.55. The molecule has 3 nitrogen and oxygen atoms in total. The zero-order chi connectivity index (χ0) is 9.68. The van der Waals surface area contributed by atoms with Crippen molar-refractivity contribution < 1.29 is 0 Å². The number of hydrogen-bond acceptors (Lipinski definition) is 4. The van der Waals surface area contributed by atoms with Crippen LogP contribution in [0.2, 0.25) is 0 Å².